The maximum Gasteiger partial charge on any atom is 0.494 e. The number of rotatable bonds is 5. The van der Waals surface area contributed by atoms with E-state index in [1.54, 1.807) is 12.1 Å². The predicted octanol–water partition coefficient (Wildman–Crippen LogP) is 7.39. The van der Waals surface area contributed by atoms with Gasteiger partial charge in [0.15, 0.2) is 0 Å². The summed E-state index contributed by atoms with van der Waals surface area (Å²) < 4.78 is 65.3. The molecule has 0 saturated carbocycles. The number of anilines is 1. The van der Waals surface area contributed by atoms with Crippen LogP contribution >= 0.6 is 0 Å². The van der Waals surface area contributed by atoms with E-state index in [4.69, 9.17) is 18.6 Å². The third kappa shape index (κ3) is 5.84. The zero-order chi connectivity index (χ0) is 32.6. The molecule has 3 aliphatic heterocycles. The zero-order valence-electron chi connectivity index (χ0n) is 27.4. The molecule has 0 aromatic heterocycles. The Morgan fingerprint density at radius 3 is 1.20 bits per heavy atom. The molecule has 3 aliphatic rings. The molecule has 3 aromatic carbocycles. The van der Waals surface area contributed by atoms with Gasteiger partial charge in [-0.25, -0.2) is 0 Å². The molecule has 3 fully saturated rings. The molecule has 0 amide bonds. The Labute approximate surface area is 265 Å². The molecule has 0 radical (unpaired) electrons. The number of alkyl halides is 3. The van der Waals surface area contributed by atoms with Gasteiger partial charge in [-0.05, 0) is 115 Å². The molecule has 5 nitrogen and oxygen atoms in total. The van der Waals surface area contributed by atoms with Gasteiger partial charge in [-0.3, -0.25) is 0 Å². The first-order valence-corrected chi connectivity index (χ1v) is 15.8. The molecule has 238 valence electrons. The van der Waals surface area contributed by atoms with E-state index in [0.717, 1.165) is 40.6 Å². The summed E-state index contributed by atoms with van der Waals surface area (Å²) in [6.07, 6.45) is -2.70. The number of halogens is 3. The van der Waals surface area contributed by atoms with Crippen LogP contribution in [0.4, 0.5) is 18.9 Å². The normalized spacial score (nSPS) is 25.3. The van der Waals surface area contributed by atoms with Gasteiger partial charge >= 0.3 is 20.4 Å². The van der Waals surface area contributed by atoms with Gasteiger partial charge in [0.1, 0.15) is 0 Å². The summed E-state index contributed by atoms with van der Waals surface area (Å²) in [7, 11) is -0.928. The highest BCUT2D eigenvalue weighted by atomic mass is 19.4. The van der Waals surface area contributed by atoms with Crippen LogP contribution in [0.2, 0.25) is 0 Å². The minimum Gasteiger partial charge on any atom is -0.399 e. The van der Waals surface area contributed by atoms with Crippen molar-refractivity contribution in [3.63, 3.8) is 0 Å². The Bertz CT molecular complexity index is 1400. The van der Waals surface area contributed by atoms with E-state index in [-0.39, 0.29) is 12.1 Å². The quantitative estimate of drug-likeness (QED) is 0.279. The van der Waals surface area contributed by atoms with E-state index in [9.17, 15) is 13.2 Å². The van der Waals surface area contributed by atoms with Crippen LogP contribution in [-0.2, 0) is 24.8 Å². The highest BCUT2D eigenvalue weighted by Gasteiger charge is 2.53. The first-order valence-electron chi connectivity index (χ1n) is 15.8. The minimum absolute atomic E-state index is 0.0261. The number of hydrogen-bond acceptors (Lipinski definition) is 5. The highest BCUT2D eigenvalue weighted by molar-refractivity contribution is 6.62. The Balaban J connectivity index is 1.29. The standard InChI is InChI=1S/C35H42B2F3NO4/c1-31(2)32(3,4)43-36(42-31)26-15-9-23(10-16-26)29-21-22-30(41(29)28-19-13-25(14-20-28)35(38,39)40)24-11-17-27(18-12-24)37-44-33(5,6)34(7,8)45-37/h9-20,29-30H,21-22H2,1-8H3/t29-,30-/m1/s1. The Morgan fingerprint density at radius 2 is 0.889 bits per heavy atom. The molecule has 6 rings (SSSR count). The second-order valence-corrected chi connectivity index (χ2v) is 14.6. The lowest BCUT2D eigenvalue weighted by atomic mass is 9.78. The van der Waals surface area contributed by atoms with Gasteiger partial charge in [0.25, 0.3) is 0 Å². The van der Waals surface area contributed by atoms with Crippen LogP contribution in [0.5, 0.6) is 0 Å². The number of benzene rings is 3. The van der Waals surface area contributed by atoms with Crippen molar-refractivity contribution in [1.29, 1.82) is 0 Å². The lowest BCUT2D eigenvalue weighted by Crippen LogP contribution is -2.41. The molecule has 0 N–H and O–H groups in total. The molecule has 3 heterocycles. The maximum absolute atomic E-state index is 13.4. The Morgan fingerprint density at radius 1 is 0.556 bits per heavy atom. The molecule has 3 aromatic rings. The smallest absolute Gasteiger partial charge is 0.399 e. The molecule has 0 unspecified atom stereocenters. The van der Waals surface area contributed by atoms with E-state index in [0.29, 0.717) is 0 Å². The van der Waals surface area contributed by atoms with Crippen LogP contribution in [0.3, 0.4) is 0 Å². The van der Waals surface area contributed by atoms with Crippen LogP contribution in [0.1, 0.15) is 97.0 Å². The molecule has 3 saturated heterocycles. The van der Waals surface area contributed by atoms with Crippen molar-refractivity contribution in [2.75, 3.05) is 4.90 Å². The summed E-state index contributed by atoms with van der Waals surface area (Å²) in [5.74, 6) is 0. The Hall–Kier alpha value is -2.78. The molecule has 2 atom stereocenters. The van der Waals surface area contributed by atoms with Gasteiger partial charge in [-0.1, -0.05) is 48.5 Å². The largest absolute Gasteiger partial charge is 0.494 e. The molecular weight excluding hydrogens is 577 g/mol. The third-order valence-electron chi connectivity index (χ3n) is 10.6. The first-order chi connectivity index (χ1) is 20.9. The second kappa shape index (κ2) is 10.9. The Kier molecular flexibility index (Phi) is 7.79. The van der Waals surface area contributed by atoms with Gasteiger partial charge < -0.3 is 23.5 Å². The summed E-state index contributed by atoms with van der Waals surface area (Å²) in [5.41, 5.74) is 2.39. The van der Waals surface area contributed by atoms with Gasteiger partial charge in [0.2, 0.25) is 0 Å². The molecule has 10 heteroatoms. The lowest BCUT2D eigenvalue weighted by molar-refractivity contribution is -0.137. The van der Waals surface area contributed by atoms with Crippen LogP contribution < -0.4 is 15.8 Å². The van der Waals surface area contributed by atoms with Crippen molar-refractivity contribution in [3.05, 3.63) is 89.5 Å². The maximum atomic E-state index is 13.4. The van der Waals surface area contributed by atoms with Gasteiger partial charge in [-0.2, -0.15) is 13.2 Å². The molecule has 45 heavy (non-hydrogen) atoms. The van der Waals surface area contributed by atoms with E-state index in [2.05, 4.69) is 29.2 Å². The first kappa shape index (κ1) is 32.2. The molecule has 0 bridgehead atoms. The average Bonchev–Trinajstić information content (AvgIpc) is 3.56. The fraction of sp³-hybridized carbons (Fsp3) is 0.486. The summed E-state index contributed by atoms with van der Waals surface area (Å²) in [6.45, 7) is 16.3. The molecule has 0 aliphatic carbocycles. The van der Waals surface area contributed by atoms with Crippen molar-refractivity contribution >= 4 is 30.8 Å². The highest BCUT2D eigenvalue weighted by Crippen LogP contribution is 2.47. The van der Waals surface area contributed by atoms with Gasteiger partial charge in [-0.15, -0.1) is 0 Å². The van der Waals surface area contributed by atoms with E-state index in [1.165, 1.54) is 12.1 Å². The van der Waals surface area contributed by atoms with Crippen molar-refractivity contribution in [1.82, 2.24) is 0 Å². The van der Waals surface area contributed by atoms with Crippen LogP contribution in [0.25, 0.3) is 0 Å². The average molecular weight is 619 g/mol. The number of hydrogen-bond donors (Lipinski definition) is 0. The van der Waals surface area contributed by atoms with Crippen molar-refractivity contribution < 1.29 is 31.8 Å². The fourth-order valence-corrected chi connectivity index (χ4v) is 6.36. The minimum atomic E-state index is -4.39. The van der Waals surface area contributed by atoms with Crippen LogP contribution in [-0.4, -0.2) is 36.6 Å². The summed E-state index contributed by atoms with van der Waals surface area (Å²) in [4.78, 5) is 2.26. The summed E-state index contributed by atoms with van der Waals surface area (Å²) in [6, 6.07) is 22.0. The number of nitrogens with zero attached hydrogens (tertiary/aromatic N) is 1. The van der Waals surface area contributed by atoms with Crippen molar-refractivity contribution in [3.8, 4) is 0 Å². The van der Waals surface area contributed by atoms with Crippen molar-refractivity contribution in [2.24, 2.45) is 0 Å². The lowest BCUT2D eigenvalue weighted by Gasteiger charge is -2.33. The monoisotopic (exact) mass is 619 g/mol. The topological polar surface area (TPSA) is 40.2 Å². The van der Waals surface area contributed by atoms with E-state index >= 15 is 0 Å². The second-order valence-electron chi connectivity index (χ2n) is 14.6. The summed E-state index contributed by atoms with van der Waals surface area (Å²) in [5, 5.41) is 0. The third-order valence-corrected chi connectivity index (χ3v) is 10.6. The SMILES string of the molecule is CC1(C)OB(c2ccc([C@H]3CC[C@H](c4ccc(B5OC(C)(C)C(C)(C)O5)cc4)N3c3ccc(C(F)(F)F)cc3)cc2)OC1(C)C. The fourth-order valence-electron chi connectivity index (χ4n) is 6.36. The molecule has 0 spiro atoms. The predicted molar refractivity (Wildman–Crippen MR) is 173 cm³/mol. The van der Waals surface area contributed by atoms with Gasteiger partial charge in [0, 0.05) is 5.69 Å². The van der Waals surface area contributed by atoms with Crippen LogP contribution in [0.15, 0.2) is 72.8 Å². The van der Waals surface area contributed by atoms with Crippen LogP contribution in [0, 0.1) is 0 Å². The molecular formula is C35H42B2F3NO4. The van der Waals surface area contributed by atoms with Gasteiger partial charge in [0.05, 0.1) is 40.1 Å². The summed E-state index contributed by atoms with van der Waals surface area (Å²) >= 11 is 0. The van der Waals surface area contributed by atoms with E-state index in [1.807, 2.05) is 79.7 Å². The van der Waals surface area contributed by atoms with E-state index < -0.39 is 48.4 Å². The zero-order valence-corrected chi connectivity index (χ0v) is 27.4. The van der Waals surface area contributed by atoms with Crippen molar-refractivity contribution in [2.45, 2.75) is 109 Å².